The number of imidazole rings is 1. The molecule has 0 amide bonds. The molecule has 0 N–H and O–H groups in total. The summed E-state index contributed by atoms with van der Waals surface area (Å²) in [5.74, 6) is 0.475. The highest BCUT2D eigenvalue weighted by Gasteiger charge is 2.18. The lowest BCUT2D eigenvalue weighted by atomic mass is 10.1. The van der Waals surface area contributed by atoms with Crippen LogP contribution in [0.5, 0.6) is 0 Å². The molecule has 0 bridgehead atoms. The van der Waals surface area contributed by atoms with Crippen LogP contribution in [0.1, 0.15) is 42.3 Å². The number of aromatic nitrogens is 4. The maximum atomic E-state index is 4.74. The van der Waals surface area contributed by atoms with Crippen LogP contribution in [0.4, 0.5) is 0 Å². The molecular weight excluding hydrogens is 375 g/mol. The van der Waals surface area contributed by atoms with E-state index in [-0.39, 0.29) is 0 Å². The van der Waals surface area contributed by atoms with Gasteiger partial charge < -0.3 is 4.40 Å². The molecule has 0 radical (unpaired) electrons. The minimum Gasteiger partial charge on any atom is -0.304 e. The van der Waals surface area contributed by atoms with Gasteiger partial charge in [0.05, 0.1) is 5.69 Å². The molecule has 3 rings (SSSR count). The minimum absolute atomic E-state index is 0.475. The molecule has 0 aromatic carbocycles. The highest BCUT2D eigenvalue weighted by atomic mass is 127. The van der Waals surface area contributed by atoms with Crippen molar-refractivity contribution in [3.8, 4) is 5.69 Å². The first-order chi connectivity index (χ1) is 9.91. The Morgan fingerprint density at radius 3 is 2.52 bits per heavy atom. The SMILES string of the molecule is Cc1c(-n2nc(I)c(C(C)C)c2C)ccn2c(C)cnc12. The zero-order valence-electron chi connectivity index (χ0n) is 13.0. The Bertz CT molecular complexity index is 827. The highest BCUT2D eigenvalue weighted by molar-refractivity contribution is 14.1. The summed E-state index contributed by atoms with van der Waals surface area (Å²) in [5.41, 5.74) is 6.95. The standard InChI is InChI=1S/C16H19IN4/c1-9(2)14-12(5)21(19-15(14)17)13-6-7-20-10(3)8-18-16(20)11(13)4/h6-9H,1-5H3. The van der Waals surface area contributed by atoms with Gasteiger partial charge >= 0.3 is 0 Å². The third-order valence-corrected chi connectivity index (χ3v) is 4.80. The van der Waals surface area contributed by atoms with Crippen LogP contribution < -0.4 is 0 Å². The van der Waals surface area contributed by atoms with Gasteiger partial charge in [0.1, 0.15) is 9.35 Å². The summed E-state index contributed by atoms with van der Waals surface area (Å²) in [5, 5.41) is 4.74. The molecule has 5 heteroatoms. The van der Waals surface area contributed by atoms with Crippen molar-refractivity contribution < 1.29 is 0 Å². The third kappa shape index (κ3) is 2.18. The first kappa shape index (κ1) is 14.6. The lowest BCUT2D eigenvalue weighted by Gasteiger charge is -2.11. The van der Waals surface area contributed by atoms with E-state index >= 15 is 0 Å². The van der Waals surface area contributed by atoms with Crippen molar-refractivity contribution in [2.75, 3.05) is 0 Å². The molecule has 4 nitrogen and oxygen atoms in total. The zero-order chi connectivity index (χ0) is 15.3. The smallest absolute Gasteiger partial charge is 0.141 e. The normalized spacial score (nSPS) is 11.8. The van der Waals surface area contributed by atoms with Crippen molar-refractivity contribution in [1.29, 1.82) is 0 Å². The molecule has 21 heavy (non-hydrogen) atoms. The lowest BCUT2D eigenvalue weighted by molar-refractivity contribution is 0.816. The summed E-state index contributed by atoms with van der Waals surface area (Å²) in [4.78, 5) is 4.52. The highest BCUT2D eigenvalue weighted by Crippen LogP contribution is 2.28. The van der Waals surface area contributed by atoms with E-state index in [1.165, 1.54) is 11.3 Å². The molecule has 110 valence electrons. The first-order valence-corrected chi connectivity index (χ1v) is 8.18. The van der Waals surface area contributed by atoms with Crippen molar-refractivity contribution >= 4 is 28.2 Å². The van der Waals surface area contributed by atoms with Crippen molar-refractivity contribution in [2.24, 2.45) is 0 Å². The van der Waals surface area contributed by atoms with Crippen LogP contribution in [0.2, 0.25) is 0 Å². The molecule has 0 aliphatic heterocycles. The maximum Gasteiger partial charge on any atom is 0.141 e. The second kappa shape index (κ2) is 5.12. The van der Waals surface area contributed by atoms with E-state index in [9.17, 15) is 0 Å². The summed E-state index contributed by atoms with van der Waals surface area (Å²) in [6.07, 6.45) is 3.98. The van der Waals surface area contributed by atoms with Gasteiger partial charge in [0.15, 0.2) is 0 Å². The average Bonchev–Trinajstić information content (AvgIpc) is 2.92. The Kier molecular flexibility index (Phi) is 3.55. The number of pyridine rings is 1. The molecular formula is C16H19IN4. The minimum atomic E-state index is 0.475. The van der Waals surface area contributed by atoms with E-state index in [1.807, 2.05) is 6.20 Å². The van der Waals surface area contributed by atoms with E-state index in [0.29, 0.717) is 5.92 Å². The molecule has 0 unspecified atom stereocenters. The predicted molar refractivity (Wildman–Crippen MR) is 93.3 cm³/mol. The van der Waals surface area contributed by atoms with Crippen molar-refractivity contribution in [1.82, 2.24) is 19.2 Å². The Hall–Kier alpha value is -1.37. The molecule has 3 heterocycles. The first-order valence-electron chi connectivity index (χ1n) is 7.10. The van der Waals surface area contributed by atoms with Crippen molar-refractivity contribution in [3.63, 3.8) is 0 Å². The number of nitrogens with zero attached hydrogens (tertiary/aromatic N) is 4. The molecule has 0 fully saturated rings. The molecule has 0 saturated heterocycles. The van der Waals surface area contributed by atoms with Crippen LogP contribution in [0.3, 0.4) is 0 Å². The largest absolute Gasteiger partial charge is 0.304 e. The van der Waals surface area contributed by atoms with E-state index in [1.54, 1.807) is 0 Å². The molecule has 0 aliphatic rings. The quantitative estimate of drug-likeness (QED) is 0.612. The summed E-state index contributed by atoms with van der Waals surface area (Å²) in [7, 11) is 0. The van der Waals surface area contributed by atoms with Gasteiger partial charge in [-0.05, 0) is 55.3 Å². The van der Waals surface area contributed by atoms with Crippen LogP contribution in [-0.2, 0) is 0 Å². The number of hydrogen-bond acceptors (Lipinski definition) is 2. The monoisotopic (exact) mass is 394 g/mol. The summed E-state index contributed by atoms with van der Waals surface area (Å²) < 4.78 is 5.25. The number of rotatable bonds is 2. The van der Waals surface area contributed by atoms with Gasteiger partial charge in [0, 0.05) is 34.9 Å². The van der Waals surface area contributed by atoms with Gasteiger partial charge in [-0.25, -0.2) is 9.67 Å². The fraction of sp³-hybridized carbons (Fsp3) is 0.375. The van der Waals surface area contributed by atoms with Crippen LogP contribution in [0.15, 0.2) is 18.5 Å². The van der Waals surface area contributed by atoms with E-state index in [0.717, 1.165) is 26.3 Å². The Morgan fingerprint density at radius 2 is 1.90 bits per heavy atom. The fourth-order valence-corrected chi connectivity index (χ4v) is 4.13. The van der Waals surface area contributed by atoms with E-state index in [2.05, 4.69) is 83.5 Å². The van der Waals surface area contributed by atoms with Gasteiger partial charge in [-0.15, -0.1) is 0 Å². The third-order valence-electron chi connectivity index (χ3n) is 4.01. The lowest BCUT2D eigenvalue weighted by Crippen LogP contribution is -2.04. The van der Waals surface area contributed by atoms with Crippen molar-refractivity contribution in [2.45, 2.75) is 40.5 Å². The molecule has 0 aliphatic carbocycles. The van der Waals surface area contributed by atoms with Gasteiger partial charge in [-0.2, -0.15) is 5.10 Å². The maximum absolute atomic E-state index is 4.74. The number of fused-ring (bicyclic) bond motifs is 1. The Labute approximate surface area is 138 Å². The van der Waals surface area contributed by atoms with Crippen LogP contribution >= 0.6 is 22.6 Å². The van der Waals surface area contributed by atoms with Crippen molar-refractivity contribution in [3.05, 3.63) is 44.7 Å². The Morgan fingerprint density at radius 1 is 1.19 bits per heavy atom. The second-order valence-corrected chi connectivity index (χ2v) is 6.80. The van der Waals surface area contributed by atoms with Crippen LogP contribution in [0.25, 0.3) is 11.3 Å². The predicted octanol–water partition coefficient (Wildman–Crippen LogP) is 4.17. The van der Waals surface area contributed by atoms with Gasteiger partial charge in [0.2, 0.25) is 0 Å². The zero-order valence-corrected chi connectivity index (χ0v) is 15.1. The van der Waals surface area contributed by atoms with Gasteiger partial charge in [0.25, 0.3) is 0 Å². The summed E-state index contributed by atoms with van der Waals surface area (Å²) >= 11 is 2.33. The average molecular weight is 394 g/mol. The molecule has 0 saturated carbocycles. The van der Waals surface area contributed by atoms with Crippen LogP contribution in [-0.4, -0.2) is 19.2 Å². The number of aryl methyl sites for hydroxylation is 2. The topological polar surface area (TPSA) is 35.1 Å². The van der Waals surface area contributed by atoms with E-state index in [4.69, 9.17) is 5.10 Å². The number of hydrogen-bond donors (Lipinski definition) is 0. The molecule has 0 spiro atoms. The molecule has 3 aromatic rings. The van der Waals surface area contributed by atoms with Gasteiger partial charge in [-0.1, -0.05) is 13.8 Å². The number of halogens is 1. The fourth-order valence-electron chi connectivity index (χ4n) is 2.90. The Balaban J connectivity index is 2.26. The second-order valence-electron chi connectivity index (χ2n) is 5.78. The summed E-state index contributed by atoms with van der Waals surface area (Å²) in [6.45, 7) is 10.7. The molecule has 3 aromatic heterocycles. The summed E-state index contributed by atoms with van der Waals surface area (Å²) in [6, 6.07) is 2.12. The van der Waals surface area contributed by atoms with Gasteiger partial charge in [-0.3, -0.25) is 0 Å². The van der Waals surface area contributed by atoms with Crippen LogP contribution in [0, 0.1) is 24.5 Å². The van der Waals surface area contributed by atoms with E-state index < -0.39 is 0 Å². The molecule has 0 atom stereocenters.